The second-order valence-electron chi connectivity index (χ2n) is 14.6. The molecule has 0 radical (unpaired) electrons. The summed E-state index contributed by atoms with van der Waals surface area (Å²) in [4.78, 5) is 0. The van der Waals surface area contributed by atoms with Crippen LogP contribution >= 0.6 is 0 Å². The third kappa shape index (κ3) is 4.40. The summed E-state index contributed by atoms with van der Waals surface area (Å²) in [5, 5.41) is 46.1. The molecular formula is C36H50O4. The number of hydrogen-bond donors (Lipinski definition) is 4. The lowest BCUT2D eigenvalue weighted by Crippen LogP contribution is -2.62. The van der Waals surface area contributed by atoms with E-state index < -0.39 is 5.60 Å². The fourth-order valence-corrected chi connectivity index (χ4v) is 10.7. The van der Waals surface area contributed by atoms with Crippen molar-refractivity contribution in [2.45, 2.75) is 102 Å². The quantitative estimate of drug-likeness (QED) is 0.343. The number of aliphatic hydroxyl groups is 4. The highest BCUT2D eigenvalue weighted by atomic mass is 16.3. The normalized spacial score (nSPS) is 42.0. The van der Waals surface area contributed by atoms with Gasteiger partial charge in [0.15, 0.2) is 0 Å². The highest BCUT2D eigenvalue weighted by Gasteiger charge is 2.65. The Morgan fingerprint density at radius 3 is 2.08 bits per heavy atom. The van der Waals surface area contributed by atoms with Crippen molar-refractivity contribution in [2.24, 2.45) is 46.3 Å². The lowest BCUT2D eigenvalue weighted by Gasteiger charge is -2.63. The van der Waals surface area contributed by atoms with Crippen LogP contribution in [0.2, 0.25) is 0 Å². The van der Waals surface area contributed by atoms with Gasteiger partial charge in [-0.3, -0.25) is 0 Å². The van der Waals surface area contributed by atoms with E-state index in [2.05, 4.69) is 20.8 Å². The molecule has 0 aliphatic heterocycles. The average Bonchev–Trinajstić information content (AvgIpc) is 3.32. The molecule has 0 spiro atoms. The molecule has 4 fully saturated rings. The summed E-state index contributed by atoms with van der Waals surface area (Å²) in [6, 6.07) is 20.1. The third-order valence-corrected chi connectivity index (χ3v) is 13.0. The van der Waals surface area contributed by atoms with Crippen LogP contribution in [0.5, 0.6) is 0 Å². The van der Waals surface area contributed by atoms with Crippen molar-refractivity contribution in [1.29, 1.82) is 0 Å². The van der Waals surface area contributed by atoms with Crippen LogP contribution in [0.1, 0.15) is 89.7 Å². The summed E-state index contributed by atoms with van der Waals surface area (Å²) in [6.45, 7) is 7.04. The number of benzene rings is 2. The second kappa shape index (κ2) is 10.5. The van der Waals surface area contributed by atoms with Gasteiger partial charge < -0.3 is 20.4 Å². The summed E-state index contributed by atoms with van der Waals surface area (Å²) in [5.41, 5.74) is 0.666. The number of fused-ring (bicyclic) bond motifs is 5. The largest absolute Gasteiger partial charge is 0.393 e. The van der Waals surface area contributed by atoms with Crippen molar-refractivity contribution in [2.75, 3.05) is 0 Å². The molecule has 0 saturated heterocycles. The minimum absolute atomic E-state index is 0.0942. The molecule has 0 heterocycles. The van der Waals surface area contributed by atoms with E-state index in [4.69, 9.17) is 0 Å². The van der Waals surface area contributed by atoms with E-state index in [0.717, 1.165) is 62.5 Å². The van der Waals surface area contributed by atoms with Crippen molar-refractivity contribution in [3.05, 3.63) is 71.8 Å². The zero-order valence-corrected chi connectivity index (χ0v) is 24.6. The van der Waals surface area contributed by atoms with Gasteiger partial charge in [-0.1, -0.05) is 81.4 Å². The molecule has 218 valence electrons. The number of aliphatic hydroxyl groups excluding tert-OH is 3. The average molecular weight is 547 g/mol. The van der Waals surface area contributed by atoms with E-state index >= 15 is 0 Å². The van der Waals surface area contributed by atoms with Gasteiger partial charge in [0.05, 0.1) is 18.3 Å². The van der Waals surface area contributed by atoms with Gasteiger partial charge in [0.1, 0.15) is 5.60 Å². The Morgan fingerprint density at radius 1 is 0.825 bits per heavy atom. The minimum Gasteiger partial charge on any atom is -0.393 e. The van der Waals surface area contributed by atoms with Gasteiger partial charge in [0, 0.05) is 0 Å². The summed E-state index contributed by atoms with van der Waals surface area (Å²) >= 11 is 0. The summed E-state index contributed by atoms with van der Waals surface area (Å²) in [5.74, 6) is 1.90. The number of rotatable bonds is 6. The predicted molar refractivity (Wildman–Crippen MR) is 158 cm³/mol. The maximum atomic E-state index is 12.1. The molecule has 0 aromatic heterocycles. The molecule has 4 N–H and O–H groups in total. The van der Waals surface area contributed by atoms with Crippen LogP contribution in [0.25, 0.3) is 0 Å². The Hall–Kier alpha value is -1.72. The van der Waals surface area contributed by atoms with Crippen LogP contribution in [0, 0.1) is 46.3 Å². The maximum absolute atomic E-state index is 12.1. The zero-order chi connectivity index (χ0) is 28.3. The lowest BCUT2D eigenvalue weighted by atomic mass is 9.43. The Balaban J connectivity index is 1.24. The van der Waals surface area contributed by atoms with Crippen molar-refractivity contribution >= 4 is 0 Å². The van der Waals surface area contributed by atoms with Crippen molar-refractivity contribution in [3.8, 4) is 0 Å². The van der Waals surface area contributed by atoms with Gasteiger partial charge >= 0.3 is 0 Å². The van der Waals surface area contributed by atoms with Crippen LogP contribution in [0.3, 0.4) is 0 Å². The standard InChI is InChI=1S/C36H50O4/c1-23(16-19-36(40,24-10-6-4-7-11-24)25-12-8-5-9-13-25)28-14-15-29-33-30(22-32(39)35(28,29)3)34(2)18-17-27(37)20-26(34)21-31(33)38/h4-13,23,26-33,37-40H,14-22H2,1-3H3/t23-,26+,27+,28-,29+,30+,31+,32-,33+,34-,35+/m0/s1. The van der Waals surface area contributed by atoms with E-state index in [1.165, 1.54) is 0 Å². The van der Waals surface area contributed by atoms with Crippen molar-refractivity contribution in [3.63, 3.8) is 0 Å². The van der Waals surface area contributed by atoms with E-state index in [0.29, 0.717) is 36.0 Å². The molecule has 2 aromatic rings. The SMILES string of the molecule is C[C@@H](CCC(O)(c1ccccc1)c1ccccc1)[C@@H]1CC[C@@H]2[C@H]3[C@H](O)C[C@H]4C[C@H](O)CC[C@]4(C)[C@@H]3C[C@H](O)[C@@]21C. The highest BCUT2D eigenvalue weighted by Crippen LogP contribution is 2.68. The van der Waals surface area contributed by atoms with Crippen LogP contribution in [-0.2, 0) is 5.60 Å². The first-order valence-electron chi connectivity index (χ1n) is 16.0. The Kier molecular flexibility index (Phi) is 7.47. The van der Waals surface area contributed by atoms with Crippen LogP contribution in [0.15, 0.2) is 60.7 Å². The highest BCUT2D eigenvalue weighted by molar-refractivity contribution is 5.35. The zero-order valence-electron chi connectivity index (χ0n) is 24.6. The molecule has 4 saturated carbocycles. The molecule has 0 bridgehead atoms. The molecule has 0 amide bonds. The molecule has 40 heavy (non-hydrogen) atoms. The van der Waals surface area contributed by atoms with Crippen molar-refractivity contribution < 1.29 is 20.4 Å². The molecule has 0 unspecified atom stereocenters. The molecule has 4 aliphatic carbocycles. The smallest absolute Gasteiger partial charge is 0.115 e. The fourth-order valence-electron chi connectivity index (χ4n) is 10.7. The minimum atomic E-state index is -1.05. The molecular weight excluding hydrogens is 496 g/mol. The van der Waals surface area contributed by atoms with Crippen LogP contribution in [-0.4, -0.2) is 38.7 Å². The van der Waals surface area contributed by atoms with E-state index in [9.17, 15) is 20.4 Å². The summed E-state index contributed by atoms with van der Waals surface area (Å²) in [7, 11) is 0. The Labute approximate surface area is 240 Å². The van der Waals surface area contributed by atoms with Crippen LogP contribution < -0.4 is 0 Å². The Morgan fingerprint density at radius 2 is 1.45 bits per heavy atom. The second-order valence-corrected chi connectivity index (χ2v) is 14.6. The molecule has 4 nitrogen and oxygen atoms in total. The Bertz CT molecular complexity index is 1110. The fraction of sp³-hybridized carbons (Fsp3) is 0.667. The van der Waals surface area contributed by atoms with Gasteiger partial charge in [0.2, 0.25) is 0 Å². The van der Waals surface area contributed by atoms with Crippen LogP contribution in [0.4, 0.5) is 0 Å². The molecule has 6 rings (SSSR count). The van der Waals surface area contributed by atoms with E-state index in [1.54, 1.807) is 0 Å². The van der Waals surface area contributed by atoms with Gasteiger partial charge in [-0.2, -0.15) is 0 Å². The summed E-state index contributed by atoms with van der Waals surface area (Å²) < 4.78 is 0. The maximum Gasteiger partial charge on any atom is 0.115 e. The van der Waals surface area contributed by atoms with E-state index in [-0.39, 0.29) is 35.1 Å². The topological polar surface area (TPSA) is 80.9 Å². The predicted octanol–water partition coefficient (Wildman–Crippen LogP) is 6.30. The van der Waals surface area contributed by atoms with Crippen molar-refractivity contribution in [1.82, 2.24) is 0 Å². The third-order valence-electron chi connectivity index (χ3n) is 13.0. The molecule has 4 heteroatoms. The lowest BCUT2D eigenvalue weighted by molar-refractivity contribution is -0.207. The van der Waals surface area contributed by atoms with Gasteiger partial charge in [-0.15, -0.1) is 0 Å². The van der Waals surface area contributed by atoms with Gasteiger partial charge in [-0.05, 0) is 115 Å². The van der Waals surface area contributed by atoms with Gasteiger partial charge in [0.25, 0.3) is 0 Å². The first-order valence-corrected chi connectivity index (χ1v) is 16.0. The van der Waals surface area contributed by atoms with E-state index in [1.807, 2.05) is 60.7 Å². The first-order chi connectivity index (χ1) is 19.1. The summed E-state index contributed by atoms with van der Waals surface area (Å²) in [6.07, 6.45) is 6.85. The molecule has 11 atom stereocenters. The van der Waals surface area contributed by atoms with Gasteiger partial charge in [-0.25, -0.2) is 0 Å². The number of hydrogen-bond acceptors (Lipinski definition) is 4. The molecule has 4 aliphatic rings. The monoisotopic (exact) mass is 546 g/mol. The molecule has 2 aromatic carbocycles. The first kappa shape index (κ1) is 28.4.